The first-order valence-electron chi connectivity index (χ1n) is 5.68. The molecule has 1 aromatic carbocycles. The highest BCUT2D eigenvalue weighted by Gasteiger charge is 2.11. The number of hydrogen-bond donors (Lipinski definition) is 0. The van der Waals surface area contributed by atoms with Crippen LogP contribution in [0, 0.1) is 28.6 Å². The van der Waals surface area contributed by atoms with Crippen LogP contribution in [0.4, 0.5) is 0 Å². The molecule has 4 heteroatoms. The summed E-state index contributed by atoms with van der Waals surface area (Å²) in [6.45, 7) is 2.67. The molecule has 0 aromatic heterocycles. The van der Waals surface area contributed by atoms with Crippen LogP contribution in [-0.4, -0.2) is 30.8 Å². The van der Waals surface area contributed by atoms with Gasteiger partial charge in [-0.15, -0.1) is 0 Å². The Morgan fingerprint density at radius 1 is 1.33 bits per heavy atom. The normalized spacial score (nSPS) is 11.6. The van der Waals surface area contributed by atoms with Crippen LogP contribution in [0.15, 0.2) is 24.3 Å². The van der Waals surface area contributed by atoms with Gasteiger partial charge in [-0.05, 0) is 26.1 Å². The second kappa shape index (κ2) is 6.54. The molecule has 0 N–H and O–H groups in total. The highest BCUT2D eigenvalue weighted by Crippen LogP contribution is 2.06. The Morgan fingerprint density at radius 2 is 1.94 bits per heavy atom. The molecule has 4 nitrogen and oxygen atoms in total. The maximum absolute atomic E-state index is 11.9. The number of benzene rings is 1. The Balaban J connectivity index is 2.60. The molecule has 18 heavy (non-hydrogen) atoms. The first-order valence-corrected chi connectivity index (χ1v) is 5.68. The van der Waals surface area contributed by atoms with Crippen LogP contribution in [0.2, 0.25) is 0 Å². The van der Waals surface area contributed by atoms with Crippen molar-refractivity contribution in [1.29, 1.82) is 10.5 Å². The van der Waals surface area contributed by atoms with Gasteiger partial charge in [-0.2, -0.15) is 10.5 Å². The van der Waals surface area contributed by atoms with E-state index in [-0.39, 0.29) is 18.2 Å². The lowest BCUT2D eigenvalue weighted by Gasteiger charge is -2.16. The molecular formula is C14H15N3O. The molecule has 1 rings (SSSR count). The maximum atomic E-state index is 11.9. The summed E-state index contributed by atoms with van der Waals surface area (Å²) in [6, 6.07) is 10.7. The zero-order valence-corrected chi connectivity index (χ0v) is 10.6. The minimum absolute atomic E-state index is 0.00729. The largest absolute Gasteiger partial charge is 0.298 e. The molecular weight excluding hydrogens is 226 g/mol. The SMILES string of the molecule is CC(C#N)CN(C)CC(=O)c1ccc(C#N)cc1. The summed E-state index contributed by atoms with van der Waals surface area (Å²) >= 11 is 0. The highest BCUT2D eigenvalue weighted by atomic mass is 16.1. The number of hydrogen-bond acceptors (Lipinski definition) is 4. The monoisotopic (exact) mass is 241 g/mol. The third-order valence-electron chi connectivity index (χ3n) is 2.56. The minimum atomic E-state index is -0.0937. The molecule has 1 unspecified atom stereocenters. The number of nitriles is 2. The highest BCUT2D eigenvalue weighted by molar-refractivity contribution is 5.97. The molecule has 0 amide bonds. The van der Waals surface area contributed by atoms with Crippen LogP contribution in [0.1, 0.15) is 22.8 Å². The zero-order chi connectivity index (χ0) is 13.5. The van der Waals surface area contributed by atoms with Crippen LogP contribution in [0.5, 0.6) is 0 Å². The van der Waals surface area contributed by atoms with E-state index in [9.17, 15) is 4.79 Å². The van der Waals surface area contributed by atoms with Crippen LogP contribution in [-0.2, 0) is 0 Å². The molecule has 0 aliphatic carbocycles. The average Bonchev–Trinajstić information content (AvgIpc) is 2.38. The smallest absolute Gasteiger partial charge is 0.176 e. The van der Waals surface area contributed by atoms with Crippen molar-refractivity contribution in [2.45, 2.75) is 6.92 Å². The van der Waals surface area contributed by atoms with Crippen LogP contribution >= 0.6 is 0 Å². The van der Waals surface area contributed by atoms with E-state index < -0.39 is 0 Å². The van der Waals surface area contributed by atoms with Crippen molar-refractivity contribution < 1.29 is 4.79 Å². The van der Waals surface area contributed by atoms with Gasteiger partial charge in [0.1, 0.15) is 0 Å². The first-order chi connectivity index (χ1) is 8.56. The van der Waals surface area contributed by atoms with Gasteiger partial charge in [0.15, 0.2) is 5.78 Å². The Labute approximate surface area is 107 Å². The molecule has 1 atom stereocenters. The van der Waals surface area contributed by atoms with Crippen molar-refractivity contribution in [3.05, 3.63) is 35.4 Å². The van der Waals surface area contributed by atoms with E-state index in [1.165, 1.54) is 0 Å². The van der Waals surface area contributed by atoms with Crippen molar-refractivity contribution in [3.63, 3.8) is 0 Å². The van der Waals surface area contributed by atoms with Crippen molar-refractivity contribution in [2.75, 3.05) is 20.1 Å². The second-order valence-corrected chi connectivity index (χ2v) is 4.34. The Bertz CT molecular complexity index is 493. The lowest BCUT2D eigenvalue weighted by molar-refractivity contribution is 0.0943. The molecule has 0 bridgehead atoms. The van der Waals surface area contributed by atoms with Gasteiger partial charge in [-0.1, -0.05) is 12.1 Å². The zero-order valence-electron chi connectivity index (χ0n) is 10.6. The summed E-state index contributed by atoms with van der Waals surface area (Å²) in [5.74, 6) is -0.101. The Hall–Kier alpha value is -2.17. The molecule has 0 saturated carbocycles. The second-order valence-electron chi connectivity index (χ2n) is 4.34. The third-order valence-corrected chi connectivity index (χ3v) is 2.56. The number of carbonyl (C=O) groups excluding carboxylic acids is 1. The first kappa shape index (κ1) is 13.9. The van der Waals surface area contributed by atoms with E-state index >= 15 is 0 Å². The Kier molecular flexibility index (Phi) is 5.05. The summed E-state index contributed by atoms with van der Waals surface area (Å²) in [6.07, 6.45) is 0. The molecule has 0 fully saturated rings. The molecule has 0 spiro atoms. The van der Waals surface area contributed by atoms with Crippen molar-refractivity contribution >= 4 is 5.78 Å². The van der Waals surface area contributed by atoms with Gasteiger partial charge < -0.3 is 0 Å². The van der Waals surface area contributed by atoms with Gasteiger partial charge in [0.05, 0.1) is 30.2 Å². The minimum Gasteiger partial charge on any atom is -0.298 e. The maximum Gasteiger partial charge on any atom is 0.176 e. The number of ketones is 1. The summed E-state index contributed by atoms with van der Waals surface area (Å²) in [5.41, 5.74) is 1.13. The molecule has 1 aromatic rings. The van der Waals surface area contributed by atoms with Gasteiger partial charge >= 0.3 is 0 Å². The van der Waals surface area contributed by atoms with Crippen molar-refractivity contribution in [3.8, 4) is 12.1 Å². The van der Waals surface area contributed by atoms with Gasteiger partial charge in [-0.3, -0.25) is 9.69 Å². The number of nitrogens with zero attached hydrogens (tertiary/aromatic N) is 3. The average molecular weight is 241 g/mol. The van der Waals surface area contributed by atoms with E-state index in [1.54, 1.807) is 24.3 Å². The number of carbonyl (C=O) groups is 1. The molecule has 92 valence electrons. The Morgan fingerprint density at radius 3 is 2.44 bits per heavy atom. The predicted octanol–water partition coefficient (Wildman–Crippen LogP) is 1.83. The summed E-state index contributed by atoms with van der Waals surface area (Å²) < 4.78 is 0. The summed E-state index contributed by atoms with van der Waals surface area (Å²) in [7, 11) is 1.81. The fraction of sp³-hybridized carbons (Fsp3) is 0.357. The predicted molar refractivity (Wildman–Crippen MR) is 67.8 cm³/mol. The van der Waals surface area contributed by atoms with Crippen molar-refractivity contribution in [2.24, 2.45) is 5.92 Å². The molecule has 0 aliphatic rings. The standard InChI is InChI=1S/C14H15N3O/c1-11(7-15)9-17(2)10-14(18)13-5-3-12(8-16)4-6-13/h3-6,11H,9-10H2,1-2H3. The van der Waals surface area contributed by atoms with Gasteiger partial charge in [0.2, 0.25) is 0 Å². The topological polar surface area (TPSA) is 67.9 Å². The lowest BCUT2D eigenvalue weighted by Crippen LogP contribution is -2.29. The van der Waals surface area contributed by atoms with E-state index in [1.807, 2.05) is 24.9 Å². The quantitative estimate of drug-likeness (QED) is 0.737. The van der Waals surface area contributed by atoms with E-state index in [0.717, 1.165) is 0 Å². The number of likely N-dealkylation sites (N-methyl/N-ethyl adjacent to an activating group) is 1. The summed E-state index contributed by atoms with van der Waals surface area (Å²) in [4.78, 5) is 13.7. The van der Waals surface area contributed by atoms with E-state index in [4.69, 9.17) is 10.5 Å². The van der Waals surface area contributed by atoms with Crippen LogP contribution in [0.3, 0.4) is 0 Å². The molecule has 0 aliphatic heterocycles. The fourth-order valence-electron chi connectivity index (χ4n) is 1.64. The lowest BCUT2D eigenvalue weighted by atomic mass is 10.1. The fourth-order valence-corrected chi connectivity index (χ4v) is 1.64. The molecule has 0 heterocycles. The van der Waals surface area contributed by atoms with Gasteiger partial charge in [-0.25, -0.2) is 0 Å². The van der Waals surface area contributed by atoms with E-state index in [2.05, 4.69) is 6.07 Å². The molecule has 0 saturated heterocycles. The van der Waals surface area contributed by atoms with Gasteiger partial charge in [0, 0.05) is 12.1 Å². The summed E-state index contributed by atoms with van der Waals surface area (Å²) in [5, 5.41) is 17.4. The number of Topliss-reactive ketones (excluding diaryl/α,β-unsaturated/α-hetero) is 1. The molecule has 0 radical (unpaired) electrons. The van der Waals surface area contributed by atoms with E-state index in [0.29, 0.717) is 17.7 Å². The van der Waals surface area contributed by atoms with Crippen LogP contribution < -0.4 is 0 Å². The van der Waals surface area contributed by atoms with Gasteiger partial charge in [0.25, 0.3) is 0 Å². The van der Waals surface area contributed by atoms with Crippen LogP contribution in [0.25, 0.3) is 0 Å². The third kappa shape index (κ3) is 4.01. The number of rotatable bonds is 5. The van der Waals surface area contributed by atoms with Crippen molar-refractivity contribution in [1.82, 2.24) is 4.90 Å².